The fourth-order valence-corrected chi connectivity index (χ4v) is 1.80. The van der Waals surface area contributed by atoms with Gasteiger partial charge in [-0.3, -0.25) is 4.79 Å². The number of cyclic esters (lactones) is 1. The van der Waals surface area contributed by atoms with E-state index in [4.69, 9.17) is 14.2 Å². The van der Waals surface area contributed by atoms with E-state index in [0.717, 1.165) is 11.6 Å². The molecule has 1 aliphatic rings. The Labute approximate surface area is 116 Å². The average molecular weight is 274 g/mol. The zero-order valence-electron chi connectivity index (χ0n) is 11.2. The Morgan fingerprint density at radius 3 is 2.45 bits per heavy atom. The largest absolute Gasteiger partial charge is 0.492 e. The van der Waals surface area contributed by atoms with Crippen LogP contribution in [0.1, 0.15) is 5.56 Å². The molecule has 0 saturated heterocycles. The second-order valence-corrected chi connectivity index (χ2v) is 4.08. The molecule has 0 bridgehead atoms. The summed E-state index contributed by atoms with van der Waals surface area (Å²) in [5, 5.41) is 0. The number of ketones is 1. The van der Waals surface area contributed by atoms with Crippen molar-refractivity contribution in [1.29, 1.82) is 0 Å². The minimum atomic E-state index is -1.78. The molecule has 1 aromatic rings. The van der Waals surface area contributed by atoms with Gasteiger partial charge in [0, 0.05) is 7.11 Å². The van der Waals surface area contributed by atoms with Gasteiger partial charge in [0.1, 0.15) is 0 Å². The first-order valence-electron chi connectivity index (χ1n) is 5.94. The summed E-state index contributed by atoms with van der Waals surface area (Å²) in [6, 6.07) is 9.29. The van der Waals surface area contributed by atoms with Gasteiger partial charge in [-0.1, -0.05) is 36.4 Å². The van der Waals surface area contributed by atoms with Crippen molar-refractivity contribution >= 4 is 17.8 Å². The first-order valence-corrected chi connectivity index (χ1v) is 5.94. The van der Waals surface area contributed by atoms with Crippen LogP contribution < -0.4 is 0 Å². The van der Waals surface area contributed by atoms with Crippen LogP contribution in [0.2, 0.25) is 0 Å². The third-order valence-corrected chi connectivity index (χ3v) is 2.86. The minimum Gasteiger partial charge on any atom is -0.492 e. The Morgan fingerprint density at radius 1 is 1.15 bits per heavy atom. The maximum atomic E-state index is 12.2. The van der Waals surface area contributed by atoms with Crippen LogP contribution in [0.4, 0.5) is 0 Å². The fourth-order valence-electron chi connectivity index (χ4n) is 1.80. The molecule has 0 N–H and O–H groups in total. The van der Waals surface area contributed by atoms with Crippen molar-refractivity contribution in [1.82, 2.24) is 0 Å². The summed E-state index contributed by atoms with van der Waals surface area (Å²) in [7, 11) is 2.60. The Morgan fingerprint density at radius 2 is 1.85 bits per heavy atom. The molecule has 2 rings (SSSR count). The molecule has 0 amide bonds. The number of ether oxygens (including phenoxy) is 3. The lowest BCUT2D eigenvalue weighted by atomic mass is 10.0. The highest BCUT2D eigenvalue weighted by Crippen LogP contribution is 2.26. The minimum absolute atomic E-state index is 0.0965. The second kappa shape index (κ2) is 5.71. The highest BCUT2D eigenvalue weighted by molar-refractivity contribution is 6.09. The van der Waals surface area contributed by atoms with Gasteiger partial charge in [-0.25, -0.2) is 4.79 Å². The van der Waals surface area contributed by atoms with E-state index in [1.165, 1.54) is 20.3 Å². The van der Waals surface area contributed by atoms with Crippen LogP contribution in [0.25, 0.3) is 6.08 Å². The van der Waals surface area contributed by atoms with Gasteiger partial charge < -0.3 is 14.2 Å². The standard InChI is InChI=1S/C15H14O5/c1-18-12-10-13(16)20-15(19-2,14(12)17)9-8-11-6-4-3-5-7-11/h3-10H,1-2H3. The molecule has 1 aliphatic heterocycles. The number of esters is 1. The highest BCUT2D eigenvalue weighted by atomic mass is 16.7. The van der Waals surface area contributed by atoms with Crippen LogP contribution in [-0.4, -0.2) is 31.8 Å². The molecule has 1 aromatic carbocycles. The van der Waals surface area contributed by atoms with Gasteiger partial charge in [-0.15, -0.1) is 0 Å². The summed E-state index contributed by atoms with van der Waals surface area (Å²) in [5.41, 5.74) is 0.848. The predicted octanol–water partition coefficient (Wildman–Crippen LogP) is 1.70. The van der Waals surface area contributed by atoms with Crippen LogP contribution in [0.3, 0.4) is 0 Å². The van der Waals surface area contributed by atoms with E-state index in [1.807, 2.05) is 30.3 Å². The van der Waals surface area contributed by atoms with Crippen molar-refractivity contribution < 1.29 is 23.8 Å². The maximum absolute atomic E-state index is 12.2. The zero-order chi connectivity index (χ0) is 14.6. The van der Waals surface area contributed by atoms with Gasteiger partial charge in [-0.05, 0) is 11.6 Å². The third kappa shape index (κ3) is 2.62. The lowest BCUT2D eigenvalue weighted by Crippen LogP contribution is -2.47. The summed E-state index contributed by atoms with van der Waals surface area (Å²) in [6.45, 7) is 0. The van der Waals surface area contributed by atoms with Crippen molar-refractivity contribution in [2.75, 3.05) is 14.2 Å². The first-order chi connectivity index (χ1) is 9.61. The van der Waals surface area contributed by atoms with Gasteiger partial charge in [0.05, 0.1) is 13.2 Å². The Bertz CT molecular complexity index is 573. The van der Waals surface area contributed by atoms with Gasteiger partial charge in [-0.2, -0.15) is 0 Å². The number of benzene rings is 1. The van der Waals surface area contributed by atoms with Crippen molar-refractivity contribution in [3.05, 3.63) is 53.8 Å². The Kier molecular flexibility index (Phi) is 4.00. The summed E-state index contributed by atoms with van der Waals surface area (Å²) in [4.78, 5) is 23.7. The van der Waals surface area contributed by atoms with Crippen LogP contribution in [0.15, 0.2) is 48.2 Å². The topological polar surface area (TPSA) is 61.8 Å². The van der Waals surface area contributed by atoms with Crippen molar-refractivity contribution in [3.8, 4) is 0 Å². The molecule has 20 heavy (non-hydrogen) atoms. The molecule has 104 valence electrons. The van der Waals surface area contributed by atoms with Gasteiger partial charge in [0.15, 0.2) is 5.76 Å². The summed E-state index contributed by atoms with van der Waals surface area (Å²) >= 11 is 0. The lowest BCUT2D eigenvalue weighted by molar-refractivity contribution is -0.201. The number of rotatable bonds is 4. The number of hydrogen-bond acceptors (Lipinski definition) is 5. The molecule has 0 saturated carbocycles. The predicted molar refractivity (Wildman–Crippen MR) is 71.4 cm³/mol. The molecule has 1 unspecified atom stereocenters. The zero-order valence-corrected chi connectivity index (χ0v) is 11.2. The van der Waals surface area contributed by atoms with E-state index < -0.39 is 17.5 Å². The van der Waals surface area contributed by atoms with Crippen molar-refractivity contribution in [2.45, 2.75) is 5.79 Å². The second-order valence-electron chi connectivity index (χ2n) is 4.08. The number of methoxy groups -OCH3 is 2. The quantitative estimate of drug-likeness (QED) is 0.782. The van der Waals surface area contributed by atoms with Crippen molar-refractivity contribution in [2.24, 2.45) is 0 Å². The molecule has 0 fully saturated rings. The molecular formula is C15H14O5. The monoisotopic (exact) mass is 274 g/mol. The number of Topliss-reactive ketones (excluding diaryl/α,β-unsaturated/α-hetero) is 1. The lowest BCUT2D eigenvalue weighted by Gasteiger charge is -2.30. The number of carbonyl (C=O) groups is 2. The Hall–Kier alpha value is -2.40. The molecule has 5 nitrogen and oxygen atoms in total. The molecular weight excluding hydrogens is 260 g/mol. The molecule has 1 heterocycles. The molecule has 0 aliphatic carbocycles. The van der Waals surface area contributed by atoms with E-state index in [9.17, 15) is 9.59 Å². The van der Waals surface area contributed by atoms with Gasteiger partial charge in [0.2, 0.25) is 0 Å². The van der Waals surface area contributed by atoms with Crippen LogP contribution in [-0.2, 0) is 23.8 Å². The molecule has 0 spiro atoms. The van der Waals surface area contributed by atoms with E-state index in [2.05, 4.69) is 0 Å². The molecule has 5 heteroatoms. The summed E-state index contributed by atoms with van der Waals surface area (Å²) < 4.78 is 15.0. The van der Waals surface area contributed by atoms with Crippen molar-refractivity contribution in [3.63, 3.8) is 0 Å². The van der Waals surface area contributed by atoms with Crippen LogP contribution in [0.5, 0.6) is 0 Å². The molecule has 0 radical (unpaired) electrons. The van der Waals surface area contributed by atoms with E-state index in [0.29, 0.717) is 0 Å². The Balaban J connectivity index is 2.35. The normalized spacial score (nSPS) is 22.6. The summed E-state index contributed by atoms with van der Waals surface area (Å²) in [5.74, 6) is -3.14. The number of carbonyl (C=O) groups excluding carboxylic acids is 2. The summed E-state index contributed by atoms with van der Waals surface area (Å²) in [6.07, 6.45) is 4.04. The van der Waals surface area contributed by atoms with Gasteiger partial charge in [0.25, 0.3) is 5.78 Å². The van der Waals surface area contributed by atoms with Crippen LogP contribution >= 0.6 is 0 Å². The molecule has 1 atom stereocenters. The average Bonchev–Trinajstić information content (AvgIpc) is 2.49. The van der Waals surface area contributed by atoms with E-state index in [-0.39, 0.29) is 5.76 Å². The number of hydrogen-bond donors (Lipinski definition) is 0. The smallest absolute Gasteiger partial charge is 0.337 e. The van der Waals surface area contributed by atoms with Gasteiger partial charge >= 0.3 is 11.8 Å². The molecule has 0 aromatic heterocycles. The SMILES string of the molecule is COC1=CC(=O)OC(C=Cc2ccccc2)(OC)C1=O. The van der Waals surface area contributed by atoms with E-state index >= 15 is 0 Å². The highest BCUT2D eigenvalue weighted by Gasteiger charge is 2.46. The maximum Gasteiger partial charge on any atom is 0.337 e. The van der Waals surface area contributed by atoms with E-state index in [1.54, 1.807) is 6.08 Å². The van der Waals surface area contributed by atoms with Crippen LogP contribution in [0, 0.1) is 0 Å². The first kappa shape index (κ1) is 14.0. The fraction of sp³-hybridized carbons (Fsp3) is 0.200. The third-order valence-electron chi connectivity index (χ3n) is 2.86.